The summed E-state index contributed by atoms with van der Waals surface area (Å²) in [5.74, 6) is 1.09. The summed E-state index contributed by atoms with van der Waals surface area (Å²) in [7, 11) is -3.62. The van der Waals surface area contributed by atoms with Gasteiger partial charge in [-0.05, 0) is 36.3 Å². The van der Waals surface area contributed by atoms with Crippen molar-refractivity contribution in [1.29, 1.82) is 0 Å². The minimum atomic E-state index is -3.62. The topological polar surface area (TPSA) is 66.4 Å². The molecule has 0 radical (unpaired) electrons. The monoisotopic (exact) mass is 321 g/mol. The number of benzene rings is 1. The normalized spacial score (nSPS) is 19.8. The molecule has 1 atom stereocenters. The van der Waals surface area contributed by atoms with E-state index in [1.54, 1.807) is 17.8 Å². The number of aliphatic hydroxyl groups excluding tert-OH is 1. The standard InChI is InChI=1S/C12H16ClNO3S2/c13-11-4-3-9(8-15)6-12(11)19(16,17)14-7-10-2-1-5-18-10/h3-4,6,10,14-15H,1-2,5,7-8H2. The van der Waals surface area contributed by atoms with Gasteiger partial charge >= 0.3 is 0 Å². The van der Waals surface area contributed by atoms with Crippen molar-refractivity contribution in [3.63, 3.8) is 0 Å². The SMILES string of the molecule is O=S(=O)(NCC1CCCS1)c1cc(CO)ccc1Cl. The predicted octanol–water partition coefficient (Wildman–Crippen LogP) is 2.01. The van der Waals surface area contributed by atoms with Crippen LogP contribution in [0.2, 0.25) is 5.02 Å². The molecule has 106 valence electrons. The van der Waals surface area contributed by atoms with Crippen molar-refractivity contribution in [2.75, 3.05) is 12.3 Å². The maximum absolute atomic E-state index is 12.2. The van der Waals surface area contributed by atoms with Crippen molar-refractivity contribution in [3.8, 4) is 0 Å². The molecule has 1 fully saturated rings. The summed E-state index contributed by atoms with van der Waals surface area (Å²) < 4.78 is 27.0. The average Bonchev–Trinajstić information content (AvgIpc) is 2.90. The molecule has 1 aliphatic heterocycles. The first-order chi connectivity index (χ1) is 9.03. The van der Waals surface area contributed by atoms with Crippen LogP contribution in [-0.4, -0.2) is 31.1 Å². The fraction of sp³-hybridized carbons (Fsp3) is 0.500. The van der Waals surface area contributed by atoms with Crippen LogP contribution in [-0.2, 0) is 16.6 Å². The van der Waals surface area contributed by atoms with Crippen molar-refractivity contribution in [2.24, 2.45) is 0 Å². The second kappa shape index (κ2) is 6.45. The van der Waals surface area contributed by atoms with E-state index < -0.39 is 10.0 Å². The van der Waals surface area contributed by atoms with Gasteiger partial charge in [-0.25, -0.2) is 13.1 Å². The van der Waals surface area contributed by atoms with Crippen LogP contribution in [0.15, 0.2) is 23.1 Å². The Balaban J connectivity index is 2.13. The molecule has 19 heavy (non-hydrogen) atoms. The number of hydrogen-bond acceptors (Lipinski definition) is 4. The smallest absolute Gasteiger partial charge is 0.242 e. The molecule has 2 N–H and O–H groups in total. The van der Waals surface area contributed by atoms with E-state index in [2.05, 4.69) is 4.72 Å². The van der Waals surface area contributed by atoms with E-state index in [1.807, 2.05) is 0 Å². The fourth-order valence-corrected chi connectivity index (χ4v) is 4.87. The summed E-state index contributed by atoms with van der Waals surface area (Å²) in [6.07, 6.45) is 2.18. The van der Waals surface area contributed by atoms with Gasteiger partial charge in [0.05, 0.1) is 11.6 Å². The molecule has 1 unspecified atom stereocenters. The first-order valence-electron chi connectivity index (χ1n) is 6.03. The Hall–Kier alpha value is -0.270. The first-order valence-corrected chi connectivity index (χ1v) is 8.94. The third-order valence-corrected chi connectivity index (χ3v) is 6.30. The number of sulfonamides is 1. The highest BCUT2D eigenvalue weighted by molar-refractivity contribution is 8.00. The molecule has 0 aromatic heterocycles. The number of hydrogen-bond donors (Lipinski definition) is 2. The van der Waals surface area contributed by atoms with Gasteiger partial charge in [0.25, 0.3) is 0 Å². The second-order valence-electron chi connectivity index (χ2n) is 4.41. The van der Waals surface area contributed by atoms with Crippen LogP contribution in [0, 0.1) is 0 Å². The van der Waals surface area contributed by atoms with E-state index in [9.17, 15) is 8.42 Å². The van der Waals surface area contributed by atoms with Crippen molar-refractivity contribution in [3.05, 3.63) is 28.8 Å². The highest BCUT2D eigenvalue weighted by Crippen LogP contribution is 2.27. The van der Waals surface area contributed by atoms with Crippen LogP contribution in [0.5, 0.6) is 0 Å². The Labute approximate surface area is 122 Å². The van der Waals surface area contributed by atoms with Gasteiger partial charge in [-0.1, -0.05) is 17.7 Å². The molecule has 0 aliphatic carbocycles. The molecule has 1 saturated heterocycles. The lowest BCUT2D eigenvalue weighted by atomic mass is 10.2. The lowest BCUT2D eigenvalue weighted by Gasteiger charge is -2.12. The molecule has 7 heteroatoms. The van der Waals surface area contributed by atoms with E-state index in [0.717, 1.165) is 18.6 Å². The minimum Gasteiger partial charge on any atom is -0.392 e. The van der Waals surface area contributed by atoms with Gasteiger partial charge in [0, 0.05) is 11.8 Å². The maximum Gasteiger partial charge on any atom is 0.242 e. The summed E-state index contributed by atoms with van der Waals surface area (Å²) >= 11 is 7.72. The molecule has 0 spiro atoms. The average molecular weight is 322 g/mol. The molecule has 0 bridgehead atoms. The zero-order valence-electron chi connectivity index (χ0n) is 10.3. The van der Waals surface area contributed by atoms with Gasteiger partial charge < -0.3 is 5.11 Å². The Morgan fingerprint density at radius 3 is 2.89 bits per heavy atom. The van der Waals surface area contributed by atoms with Gasteiger partial charge in [0.2, 0.25) is 10.0 Å². The quantitative estimate of drug-likeness (QED) is 0.870. The van der Waals surface area contributed by atoms with Crippen molar-refractivity contribution >= 4 is 33.4 Å². The van der Waals surface area contributed by atoms with Crippen LogP contribution in [0.4, 0.5) is 0 Å². The molecule has 0 saturated carbocycles. The van der Waals surface area contributed by atoms with Crippen LogP contribution in [0.3, 0.4) is 0 Å². The zero-order valence-corrected chi connectivity index (χ0v) is 12.7. The number of halogens is 1. The fourth-order valence-electron chi connectivity index (χ4n) is 1.94. The molecule has 1 heterocycles. The Morgan fingerprint density at radius 1 is 1.47 bits per heavy atom. The van der Waals surface area contributed by atoms with E-state index in [1.165, 1.54) is 12.1 Å². The molecule has 4 nitrogen and oxygen atoms in total. The Kier molecular flexibility index (Phi) is 5.14. The molecule has 1 aromatic carbocycles. The number of nitrogens with one attached hydrogen (secondary N) is 1. The maximum atomic E-state index is 12.2. The molecular formula is C12H16ClNO3S2. The lowest BCUT2D eigenvalue weighted by Crippen LogP contribution is -2.30. The van der Waals surface area contributed by atoms with Gasteiger partial charge in [0.1, 0.15) is 4.90 Å². The van der Waals surface area contributed by atoms with Crippen molar-refractivity contribution in [2.45, 2.75) is 29.6 Å². The first kappa shape index (κ1) is 15.1. The highest BCUT2D eigenvalue weighted by Gasteiger charge is 2.22. The van der Waals surface area contributed by atoms with Crippen LogP contribution in [0.25, 0.3) is 0 Å². The van der Waals surface area contributed by atoms with E-state index in [4.69, 9.17) is 16.7 Å². The third kappa shape index (κ3) is 3.86. The van der Waals surface area contributed by atoms with Crippen LogP contribution < -0.4 is 4.72 Å². The molecule has 1 aromatic rings. The molecule has 1 aliphatic rings. The molecule has 2 rings (SSSR count). The summed E-state index contributed by atoms with van der Waals surface area (Å²) in [5.41, 5.74) is 0.528. The van der Waals surface area contributed by atoms with Crippen LogP contribution in [0.1, 0.15) is 18.4 Å². The minimum absolute atomic E-state index is 0.0312. The predicted molar refractivity (Wildman–Crippen MR) is 78.0 cm³/mol. The van der Waals surface area contributed by atoms with E-state index in [0.29, 0.717) is 17.4 Å². The summed E-state index contributed by atoms with van der Waals surface area (Å²) in [6.45, 7) is 0.213. The van der Waals surface area contributed by atoms with Gasteiger partial charge in [-0.15, -0.1) is 0 Å². The van der Waals surface area contributed by atoms with E-state index >= 15 is 0 Å². The Bertz CT molecular complexity index is 542. The van der Waals surface area contributed by atoms with Gasteiger partial charge in [-0.2, -0.15) is 11.8 Å². The summed E-state index contributed by atoms with van der Waals surface area (Å²) in [6, 6.07) is 4.51. The largest absolute Gasteiger partial charge is 0.392 e. The van der Waals surface area contributed by atoms with Crippen molar-refractivity contribution < 1.29 is 13.5 Å². The van der Waals surface area contributed by atoms with Gasteiger partial charge in [0.15, 0.2) is 0 Å². The number of rotatable bonds is 5. The molecular weight excluding hydrogens is 306 g/mol. The lowest BCUT2D eigenvalue weighted by molar-refractivity contribution is 0.281. The highest BCUT2D eigenvalue weighted by atomic mass is 35.5. The van der Waals surface area contributed by atoms with Crippen LogP contribution >= 0.6 is 23.4 Å². The van der Waals surface area contributed by atoms with Crippen molar-refractivity contribution in [1.82, 2.24) is 4.72 Å². The zero-order chi connectivity index (χ0) is 13.9. The van der Waals surface area contributed by atoms with Gasteiger partial charge in [-0.3, -0.25) is 0 Å². The number of aliphatic hydroxyl groups is 1. The molecule has 0 amide bonds. The summed E-state index contributed by atoms with van der Waals surface area (Å²) in [4.78, 5) is 0.0312. The summed E-state index contributed by atoms with van der Waals surface area (Å²) in [5, 5.41) is 9.57. The Morgan fingerprint density at radius 2 is 2.26 bits per heavy atom. The van der Waals surface area contributed by atoms with E-state index in [-0.39, 0.29) is 16.5 Å². The second-order valence-corrected chi connectivity index (χ2v) is 7.96. The third-order valence-electron chi connectivity index (χ3n) is 2.99. The number of thioether (sulfide) groups is 1.